The molecular formula is C25H43F2N3O5. The van der Waals surface area contributed by atoms with E-state index in [1.807, 2.05) is 20.8 Å². The van der Waals surface area contributed by atoms with Gasteiger partial charge in [-0.05, 0) is 74.7 Å². The summed E-state index contributed by atoms with van der Waals surface area (Å²) in [5.74, 6) is -3.51. The number of aliphatic hydroxyl groups is 1. The van der Waals surface area contributed by atoms with Crippen LogP contribution in [0.1, 0.15) is 87.5 Å². The molecule has 0 aromatic carbocycles. The number of amides is 3. The van der Waals surface area contributed by atoms with Gasteiger partial charge in [0.1, 0.15) is 11.6 Å². The number of alkyl halides is 2. The number of ether oxygens (including phenoxy) is 1. The molecular weight excluding hydrogens is 460 g/mol. The molecule has 3 amide bonds. The molecule has 1 aliphatic carbocycles. The molecule has 0 spiro atoms. The minimum absolute atomic E-state index is 0.0390. The smallest absolute Gasteiger partial charge is 0.411 e. The van der Waals surface area contributed by atoms with Crippen molar-refractivity contribution in [2.75, 3.05) is 13.2 Å². The zero-order valence-electron chi connectivity index (χ0n) is 22.4. The summed E-state index contributed by atoms with van der Waals surface area (Å²) in [4.78, 5) is 42.8. The molecule has 35 heavy (non-hydrogen) atoms. The summed E-state index contributed by atoms with van der Waals surface area (Å²) in [6.45, 7) is 13.5. The first-order valence-corrected chi connectivity index (χ1v) is 12.4. The van der Waals surface area contributed by atoms with E-state index in [9.17, 15) is 28.3 Å². The zero-order valence-corrected chi connectivity index (χ0v) is 22.4. The third-order valence-electron chi connectivity index (χ3n) is 6.39. The number of rotatable bonds is 5. The summed E-state index contributed by atoms with van der Waals surface area (Å²) in [5.41, 5.74) is -2.47. The maximum Gasteiger partial charge on any atom is 0.411 e. The molecule has 202 valence electrons. The van der Waals surface area contributed by atoms with Crippen molar-refractivity contribution in [1.29, 1.82) is 0 Å². The third-order valence-corrected chi connectivity index (χ3v) is 6.39. The van der Waals surface area contributed by atoms with Gasteiger partial charge in [0.05, 0.1) is 18.1 Å². The number of likely N-dealkylation sites (tertiary alicyclic amines) is 1. The largest absolute Gasteiger partial charge is 0.444 e. The van der Waals surface area contributed by atoms with E-state index in [0.717, 1.165) is 0 Å². The number of carbonyl (C=O) groups is 3. The van der Waals surface area contributed by atoms with Crippen LogP contribution in [0.3, 0.4) is 0 Å². The van der Waals surface area contributed by atoms with Crippen LogP contribution in [-0.2, 0) is 14.3 Å². The molecule has 1 saturated heterocycles. The van der Waals surface area contributed by atoms with Gasteiger partial charge in [-0.25, -0.2) is 13.6 Å². The van der Waals surface area contributed by atoms with Crippen LogP contribution < -0.4 is 5.32 Å². The Hall–Kier alpha value is -1.97. The van der Waals surface area contributed by atoms with E-state index >= 15 is 0 Å². The van der Waals surface area contributed by atoms with Crippen molar-refractivity contribution in [2.45, 2.75) is 123 Å². The van der Waals surface area contributed by atoms with Crippen molar-refractivity contribution in [3.8, 4) is 0 Å². The number of hydrogen-bond donors (Lipinski definition) is 2. The molecule has 0 radical (unpaired) electrons. The van der Waals surface area contributed by atoms with Gasteiger partial charge in [0.2, 0.25) is 17.7 Å². The van der Waals surface area contributed by atoms with Gasteiger partial charge in [-0.15, -0.1) is 0 Å². The van der Waals surface area contributed by atoms with Crippen molar-refractivity contribution in [3.05, 3.63) is 0 Å². The Morgan fingerprint density at radius 1 is 1.03 bits per heavy atom. The summed E-state index contributed by atoms with van der Waals surface area (Å²) in [5, 5.41) is 12.8. The second kappa shape index (κ2) is 10.2. The lowest BCUT2D eigenvalue weighted by Crippen LogP contribution is -2.55. The highest BCUT2D eigenvalue weighted by Crippen LogP contribution is 2.39. The standard InChI is InChI=1S/C25H43F2N3O5/c1-22(2,3)28-19(32)18-13-17(14-29(18)21(34)35-23(4,5)6)30(20(33)24(7,8)15-31)16-9-11-25(26,27)12-10-16/h16-18,31H,9-15H2,1-8H3,(H,28,32)/t17-,18-/m0/s1. The molecule has 2 fully saturated rings. The molecule has 2 N–H and O–H groups in total. The SMILES string of the molecule is CC(C)(C)NC(=O)[C@@H]1C[C@H](N(C(=O)C(C)(C)CO)C2CCC(F)(F)CC2)CN1C(=O)OC(C)(C)C. The predicted molar refractivity (Wildman–Crippen MR) is 128 cm³/mol. The molecule has 2 atom stereocenters. The summed E-state index contributed by atoms with van der Waals surface area (Å²) < 4.78 is 33.4. The number of carbonyl (C=O) groups excluding carboxylic acids is 3. The Morgan fingerprint density at radius 2 is 1.57 bits per heavy atom. The molecule has 0 aromatic heterocycles. The first kappa shape index (κ1) is 29.3. The molecule has 1 heterocycles. The van der Waals surface area contributed by atoms with Gasteiger partial charge < -0.3 is 20.1 Å². The van der Waals surface area contributed by atoms with E-state index in [2.05, 4.69) is 5.32 Å². The zero-order chi connectivity index (χ0) is 27.0. The molecule has 8 nitrogen and oxygen atoms in total. The van der Waals surface area contributed by atoms with Crippen LogP contribution in [0.4, 0.5) is 13.6 Å². The fourth-order valence-electron chi connectivity index (χ4n) is 4.59. The Labute approximate surface area is 207 Å². The van der Waals surface area contributed by atoms with Gasteiger partial charge in [-0.2, -0.15) is 0 Å². The molecule has 0 bridgehead atoms. The topological polar surface area (TPSA) is 99.2 Å². The molecule has 0 unspecified atom stereocenters. The molecule has 1 aliphatic heterocycles. The van der Waals surface area contributed by atoms with Gasteiger partial charge in [-0.1, -0.05) is 0 Å². The lowest BCUT2D eigenvalue weighted by atomic mass is 9.86. The van der Waals surface area contributed by atoms with Crippen LogP contribution in [0, 0.1) is 5.41 Å². The monoisotopic (exact) mass is 503 g/mol. The fourth-order valence-corrected chi connectivity index (χ4v) is 4.59. The van der Waals surface area contributed by atoms with Crippen LogP contribution in [0.5, 0.6) is 0 Å². The average Bonchev–Trinajstić information content (AvgIpc) is 3.12. The summed E-state index contributed by atoms with van der Waals surface area (Å²) in [6.07, 6.45) is -0.960. The quantitative estimate of drug-likeness (QED) is 0.596. The van der Waals surface area contributed by atoms with Crippen LogP contribution in [0.25, 0.3) is 0 Å². The van der Waals surface area contributed by atoms with E-state index in [1.54, 1.807) is 39.5 Å². The van der Waals surface area contributed by atoms with E-state index in [0.29, 0.717) is 0 Å². The molecule has 2 aliphatic rings. The normalized spacial score (nSPS) is 23.7. The Kier molecular flexibility index (Phi) is 8.51. The lowest BCUT2D eigenvalue weighted by molar-refractivity contribution is -0.151. The minimum atomic E-state index is -2.77. The number of hydrogen-bond acceptors (Lipinski definition) is 5. The first-order chi connectivity index (χ1) is 15.8. The highest BCUT2D eigenvalue weighted by Gasteiger charge is 2.50. The maximum atomic E-state index is 13.9. The Balaban J connectivity index is 2.41. The molecule has 10 heteroatoms. The van der Waals surface area contributed by atoms with Gasteiger partial charge in [-0.3, -0.25) is 14.5 Å². The number of halogens is 2. The summed E-state index contributed by atoms with van der Waals surface area (Å²) in [7, 11) is 0. The van der Waals surface area contributed by atoms with E-state index < -0.39 is 53.3 Å². The molecule has 1 saturated carbocycles. The van der Waals surface area contributed by atoms with E-state index in [4.69, 9.17) is 4.74 Å². The van der Waals surface area contributed by atoms with Gasteiger partial charge in [0.15, 0.2) is 0 Å². The third kappa shape index (κ3) is 7.75. The van der Waals surface area contributed by atoms with E-state index in [1.165, 1.54) is 4.90 Å². The van der Waals surface area contributed by atoms with Gasteiger partial charge in [0.25, 0.3) is 0 Å². The molecule has 2 rings (SSSR count). The van der Waals surface area contributed by atoms with Gasteiger partial charge >= 0.3 is 6.09 Å². The van der Waals surface area contributed by atoms with E-state index in [-0.39, 0.29) is 50.5 Å². The maximum absolute atomic E-state index is 13.9. The van der Waals surface area contributed by atoms with Crippen molar-refractivity contribution < 1.29 is 33.0 Å². The minimum Gasteiger partial charge on any atom is -0.444 e. The number of nitrogens with zero attached hydrogens (tertiary/aromatic N) is 2. The van der Waals surface area contributed by atoms with Crippen molar-refractivity contribution in [3.63, 3.8) is 0 Å². The van der Waals surface area contributed by atoms with Crippen LogP contribution >= 0.6 is 0 Å². The van der Waals surface area contributed by atoms with Crippen molar-refractivity contribution >= 4 is 17.9 Å². The summed E-state index contributed by atoms with van der Waals surface area (Å²) in [6, 6.07) is -1.93. The number of aliphatic hydroxyl groups excluding tert-OH is 1. The highest BCUT2D eigenvalue weighted by molar-refractivity contribution is 5.88. The average molecular weight is 504 g/mol. The second-order valence-corrected chi connectivity index (χ2v) is 12.6. The van der Waals surface area contributed by atoms with Crippen LogP contribution in [0.15, 0.2) is 0 Å². The fraction of sp³-hybridized carbons (Fsp3) is 0.880. The summed E-state index contributed by atoms with van der Waals surface area (Å²) >= 11 is 0. The Bertz CT molecular complexity index is 758. The first-order valence-electron chi connectivity index (χ1n) is 12.4. The van der Waals surface area contributed by atoms with Gasteiger partial charge in [0, 0.05) is 31.0 Å². The van der Waals surface area contributed by atoms with Crippen molar-refractivity contribution in [2.24, 2.45) is 5.41 Å². The number of nitrogens with one attached hydrogen (secondary N) is 1. The molecule has 0 aromatic rings. The van der Waals surface area contributed by atoms with Crippen LogP contribution in [0.2, 0.25) is 0 Å². The van der Waals surface area contributed by atoms with Crippen LogP contribution in [-0.4, -0.2) is 81.2 Å². The lowest BCUT2D eigenvalue weighted by Gasteiger charge is -2.43. The predicted octanol–water partition coefficient (Wildman–Crippen LogP) is 3.70. The Morgan fingerprint density at radius 3 is 2.03 bits per heavy atom. The van der Waals surface area contributed by atoms with Crippen molar-refractivity contribution in [1.82, 2.24) is 15.1 Å². The second-order valence-electron chi connectivity index (χ2n) is 12.6. The highest BCUT2D eigenvalue weighted by atomic mass is 19.3.